The van der Waals surface area contributed by atoms with E-state index in [4.69, 9.17) is 27.9 Å². The number of esters is 1. The Morgan fingerprint density at radius 1 is 1.27 bits per heavy atom. The van der Waals surface area contributed by atoms with Crippen LogP contribution in [0.2, 0.25) is 10.0 Å². The number of aromatic nitrogens is 1. The molecule has 5 nitrogen and oxygen atoms in total. The van der Waals surface area contributed by atoms with E-state index >= 15 is 0 Å². The van der Waals surface area contributed by atoms with Crippen molar-refractivity contribution in [1.29, 1.82) is 0 Å². The number of benzene rings is 1. The SMILES string of the molecule is C[C@@H](OC(=O)c1cccn1C)C(=O)Nc1cc(Cl)ccc1Cl. The number of nitrogens with zero attached hydrogens (tertiary/aromatic N) is 1. The van der Waals surface area contributed by atoms with Gasteiger partial charge in [0.15, 0.2) is 6.10 Å². The molecule has 0 saturated heterocycles. The first-order chi connectivity index (χ1) is 10.4. The summed E-state index contributed by atoms with van der Waals surface area (Å²) >= 11 is 11.8. The summed E-state index contributed by atoms with van der Waals surface area (Å²) in [6.07, 6.45) is 0.741. The standard InChI is InChI=1S/C15H14Cl2N2O3/c1-9(22-15(21)13-4-3-7-19(13)2)14(20)18-12-8-10(16)5-6-11(12)17/h3-9H,1-2H3,(H,18,20)/t9-/m1/s1. The number of hydrogen-bond acceptors (Lipinski definition) is 3. The first-order valence-corrected chi connectivity index (χ1v) is 7.22. The molecule has 0 fully saturated rings. The number of anilines is 1. The first-order valence-electron chi connectivity index (χ1n) is 6.46. The highest BCUT2D eigenvalue weighted by molar-refractivity contribution is 6.35. The number of ether oxygens (including phenoxy) is 1. The summed E-state index contributed by atoms with van der Waals surface area (Å²) < 4.78 is 6.74. The van der Waals surface area contributed by atoms with Gasteiger partial charge in [0.05, 0.1) is 10.7 Å². The third-order valence-corrected chi connectivity index (χ3v) is 3.56. The molecule has 2 rings (SSSR count). The van der Waals surface area contributed by atoms with Crippen LogP contribution in [0.1, 0.15) is 17.4 Å². The summed E-state index contributed by atoms with van der Waals surface area (Å²) in [4.78, 5) is 24.0. The lowest BCUT2D eigenvalue weighted by Gasteiger charge is -2.14. The topological polar surface area (TPSA) is 60.3 Å². The van der Waals surface area contributed by atoms with Crippen molar-refractivity contribution in [3.05, 3.63) is 52.3 Å². The molecular formula is C15H14Cl2N2O3. The molecule has 7 heteroatoms. The molecule has 0 spiro atoms. The van der Waals surface area contributed by atoms with Gasteiger partial charge in [0, 0.05) is 18.3 Å². The van der Waals surface area contributed by atoms with E-state index in [1.165, 1.54) is 13.0 Å². The van der Waals surface area contributed by atoms with Crippen LogP contribution in [0.25, 0.3) is 0 Å². The van der Waals surface area contributed by atoms with E-state index in [9.17, 15) is 9.59 Å². The van der Waals surface area contributed by atoms with Gasteiger partial charge in [-0.2, -0.15) is 0 Å². The molecule has 1 N–H and O–H groups in total. The third-order valence-electron chi connectivity index (χ3n) is 2.99. The average molecular weight is 341 g/mol. The molecule has 0 aliphatic rings. The lowest BCUT2D eigenvalue weighted by molar-refractivity contribution is -0.123. The Morgan fingerprint density at radius 3 is 2.64 bits per heavy atom. The molecule has 2 aromatic rings. The lowest BCUT2D eigenvalue weighted by atomic mass is 10.3. The van der Waals surface area contributed by atoms with E-state index in [1.54, 1.807) is 42.1 Å². The summed E-state index contributed by atoms with van der Waals surface area (Å²) in [7, 11) is 1.72. The molecule has 1 amide bonds. The van der Waals surface area contributed by atoms with Gasteiger partial charge in [0.25, 0.3) is 5.91 Å². The number of carbonyl (C=O) groups excluding carboxylic acids is 2. The fourth-order valence-electron chi connectivity index (χ4n) is 1.78. The smallest absolute Gasteiger partial charge is 0.355 e. The van der Waals surface area contributed by atoms with E-state index in [2.05, 4.69) is 5.32 Å². The zero-order chi connectivity index (χ0) is 16.3. The maximum absolute atomic E-state index is 12.1. The van der Waals surface area contributed by atoms with Gasteiger partial charge in [0.2, 0.25) is 0 Å². The first kappa shape index (κ1) is 16.4. The number of hydrogen-bond donors (Lipinski definition) is 1. The lowest BCUT2D eigenvalue weighted by Crippen LogP contribution is -2.30. The van der Waals surface area contributed by atoms with Crippen LogP contribution in [0.15, 0.2) is 36.5 Å². The van der Waals surface area contributed by atoms with Crippen LogP contribution >= 0.6 is 23.2 Å². The van der Waals surface area contributed by atoms with Crippen LogP contribution in [0, 0.1) is 0 Å². The minimum Gasteiger partial charge on any atom is -0.448 e. The second kappa shape index (κ2) is 6.85. The molecule has 0 saturated carbocycles. The largest absolute Gasteiger partial charge is 0.448 e. The molecule has 116 valence electrons. The number of halogens is 2. The number of amides is 1. The van der Waals surface area contributed by atoms with Gasteiger partial charge in [0.1, 0.15) is 5.69 Å². The summed E-state index contributed by atoms with van der Waals surface area (Å²) in [6, 6.07) is 8.03. The molecule has 0 unspecified atom stereocenters. The van der Waals surface area contributed by atoms with Crippen molar-refractivity contribution >= 4 is 40.8 Å². The van der Waals surface area contributed by atoms with Crippen LogP contribution in [-0.4, -0.2) is 22.5 Å². The molecule has 1 aromatic heterocycles. The fourth-order valence-corrected chi connectivity index (χ4v) is 2.11. The van der Waals surface area contributed by atoms with Crippen molar-refractivity contribution in [2.75, 3.05) is 5.32 Å². The van der Waals surface area contributed by atoms with E-state index < -0.39 is 18.0 Å². The number of nitrogens with one attached hydrogen (secondary N) is 1. The predicted molar refractivity (Wildman–Crippen MR) is 85.4 cm³/mol. The highest BCUT2D eigenvalue weighted by Gasteiger charge is 2.21. The molecule has 1 heterocycles. The van der Waals surface area contributed by atoms with Crippen LogP contribution in [0.5, 0.6) is 0 Å². The van der Waals surface area contributed by atoms with Gasteiger partial charge in [-0.25, -0.2) is 4.79 Å². The Labute approximate surface area is 137 Å². The maximum atomic E-state index is 12.1. The summed E-state index contributed by atoms with van der Waals surface area (Å²) in [5.74, 6) is -1.07. The Bertz CT molecular complexity index is 713. The Morgan fingerprint density at radius 2 is 2.00 bits per heavy atom. The van der Waals surface area contributed by atoms with Crippen molar-refractivity contribution in [2.45, 2.75) is 13.0 Å². The van der Waals surface area contributed by atoms with E-state index in [0.29, 0.717) is 21.4 Å². The monoisotopic (exact) mass is 340 g/mol. The van der Waals surface area contributed by atoms with Crippen molar-refractivity contribution < 1.29 is 14.3 Å². The second-order valence-corrected chi connectivity index (χ2v) is 5.51. The van der Waals surface area contributed by atoms with Gasteiger partial charge >= 0.3 is 5.97 Å². The van der Waals surface area contributed by atoms with Gasteiger partial charge in [-0.1, -0.05) is 23.2 Å². The molecule has 0 bridgehead atoms. The molecule has 0 aliphatic carbocycles. The van der Waals surface area contributed by atoms with Crippen LogP contribution < -0.4 is 5.32 Å². The van der Waals surface area contributed by atoms with E-state index in [0.717, 1.165) is 0 Å². The normalized spacial score (nSPS) is 11.8. The molecule has 0 aliphatic heterocycles. The van der Waals surface area contributed by atoms with Crippen LogP contribution in [0.4, 0.5) is 5.69 Å². The Balaban J connectivity index is 2.02. The number of rotatable bonds is 4. The maximum Gasteiger partial charge on any atom is 0.355 e. The predicted octanol–water partition coefficient (Wildman–Crippen LogP) is 3.52. The van der Waals surface area contributed by atoms with Crippen LogP contribution in [-0.2, 0) is 16.6 Å². The van der Waals surface area contributed by atoms with Crippen molar-refractivity contribution in [1.82, 2.24) is 4.57 Å². The second-order valence-electron chi connectivity index (χ2n) is 4.67. The van der Waals surface area contributed by atoms with Gasteiger partial charge in [-0.15, -0.1) is 0 Å². The molecule has 1 atom stereocenters. The molecule has 0 radical (unpaired) electrons. The Hall–Kier alpha value is -1.98. The van der Waals surface area contributed by atoms with E-state index in [-0.39, 0.29) is 0 Å². The summed E-state index contributed by atoms with van der Waals surface area (Å²) in [6.45, 7) is 1.48. The third kappa shape index (κ3) is 3.81. The molecular weight excluding hydrogens is 327 g/mol. The quantitative estimate of drug-likeness (QED) is 0.866. The number of carbonyl (C=O) groups is 2. The summed E-state index contributed by atoms with van der Waals surface area (Å²) in [5.41, 5.74) is 0.723. The van der Waals surface area contributed by atoms with Crippen molar-refractivity contribution in [2.24, 2.45) is 7.05 Å². The van der Waals surface area contributed by atoms with Crippen LogP contribution in [0.3, 0.4) is 0 Å². The highest BCUT2D eigenvalue weighted by Crippen LogP contribution is 2.25. The van der Waals surface area contributed by atoms with E-state index in [1.807, 2.05) is 0 Å². The zero-order valence-electron chi connectivity index (χ0n) is 12.0. The minimum absolute atomic E-state index is 0.346. The molecule has 22 heavy (non-hydrogen) atoms. The van der Waals surface area contributed by atoms with Crippen molar-refractivity contribution in [3.63, 3.8) is 0 Å². The highest BCUT2D eigenvalue weighted by atomic mass is 35.5. The Kier molecular flexibility index (Phi) is 5.11. The van der Waals surface area contributed by atoms with Crippen molar-refractivity contribution in [3.8, 4) is 0 Å². The van der Waals surface area contributed by atoms with Gasteiger partial charge in [-0.3, -0.25) is 4.79 Å². The minimum atomic E-state index is -0.975. The average Bonchev–Trinajstić information content (AvgIpc) is 2.89. The van der Waals surface area contributed by atoms with Gasteiger partial charge < -0.3 is 14.6 Å². The summed E-state index contributed by atoms with van der Waals surface area (Å²) in [5, 5.41) is 3.36. The van der Waals surface area contributed by atoms with Gasteiger partial charge in [-0.05, 0) is 37.3 Å². The number of aryl methyl sites for hydroxylation is 1. The molecule has 1 aromatic carbocycles. The zero-order valence-corrected chi connectivity index (χ0v) is 13.5. The fraction of sp³-hybridized carbons (Fsp3) is 0.200.